The monoisotopic (exact) mass is 262 g/mol. The van der Waals surface area contributed by atoms with Crippen LogP contribution in [-0.4, -0.2) is 0 Å². The molecule has 0 aliphatic rings. The van der Waals surface area contributed by atoms with Crippen molar-refractivity contribution in [2.75, 3.05) is 0 Å². The van der Waals surface area contributed by atoms with E-state index in [4.69, 9.17) is 4.74 Å². The second kappa shape index (κ2) is 5.57. The van der Waals surface area contributed by atoms with Crippen molar-refractivity contribution in [3.63, 3.8) is 0 Å². The van der Waals surface area contributed by atoms with E-state index in [-0.39, 0.29) is 0 Å². The van der Waals surface area contributed by atoms with Gasteiger partial charge in [0.25, 0.3) is 0 Å². The lowest BCUT2D eigenvalue weighted by atomic mass is 10.1. The van der Waals surface area contributed by atoms with E-state index in [0.29, 0.717) is 0 Å². The van der Waals surface area contributed by atoms with Gasteiger partial charge in [-0.05, 0) is 11.6 Å². The molecule has 3 aromatic rings. The molecule has 98 valence electrons. The molecule has 0 radical (unpaired) electrons. The highest BCUT2D eigenvalue weighted by atomic mass is 16.5. The maximum atomic E-state index is 6.01. The molecule has 1 heterocycles. The number of hydrogen-bond donors (Lipinski definition) is 0. The fourth-order valence-corrected chi connectivity index (χ4v) is 2.09. The lowest BCUT2D eigenvalue weighted by Gasteiger charge is -2.10. The minimum Gasteiger partial charge on any atom is -0.456 e. The highest BCUT2D eigenvalue weighted by molar-refractivity contribution is 5.70. The molecule has 0 fully saturated rings. The normalized spacial score (nSPS) is 10.2. The van der Waals surface area contributed by atoms with Crippen molar-refractivity contribution in [2.45, 2.75) is 0 Å². The molecule has 0 aliphatic carbocycles. The summed E-state index contributed by atoms with van der Waals surface area (Å²) < 4.78 is 7.99. The van der Waals surface area contributed by atoms with Crippen molar-refractivity contribution in [1.82, 2.24) is 0 Å². The van der Waals surface area contributed by atoms with Gasteiger partial charge in [0, 0.05) is 17.7 Å². The number of pyridine rings is 1. The molecular formula is C18H16NO+. The van der Waals surface area contributed by atoms with Crippen LogP contribution in [0, 0.1) is 0 Å². The van der Waals surface area contributed by atoms with Crippen LogP contribution in [0.4, 0.5) is 0 Å². The number of para-hydroxylation sites is 1. The number of ether oxygens (including phenoxy) is 1. The molecule has 2 heteroatoms. The first-order valence-corrected chi connectivity index (χ1v) is 6.60. The Morgan fingerprint density at radius 1 is 0.750 bits per heavy atom. The molecule has 0 bridgehead atoms. The summed E-state index contributed by atoms with van der Waals surface area (Å²) in [5.41, 5.74) is 2.26. The smallest absolute Gasteiger partial charge is 0.172 e. The van der Waals surface area contributed by atoms with Crippen molar-refractivity contribution in [3.05, 3.63) is 79.1 Å². The molecule has 20 heavy (non-hydrogen) atoms. The van der Waals surface area contributed by atoms with Crippen LogP contribution in [0.2, 0.25) is 0 Å². The van der Waals surface area contributed by atoms with Crippen LogP contribution in [0.15, 0.2) is 79.1 Å². The first-order chi connectivity index (χ1) is 9.83. The summed E-state index contributed by atoms with van der Waals surface area (Å²) >= 11 is 0. The van der Waals surface area contributed by atoms with Crippen LogP contribution in [0.25, 0.3) is 11.1 Å². The van der Waals surface area contributed by atoms with Gasteiger partial charge < -0.3 is 4.74 Å². The molecule has 2 aromatic carbocycles. The molecule has 0 amide bonds. The van der Waals surface area contributed by atoms with Gasteiger partial charge in [0.15, 0.2) is 12.4 Å². The fourth-order valence-electron chi connectivity index (χ4n) is 2.09. The third-order valence-corrected chi connectivity index (χ3v) is 3.15. The van der Waals surface area contributed by atoms with Gasteiger partial charge in [-0.1, -0.05) is 48.5 Å². The Morgan fingerprint density at radius 2 is 1.40 bits per heavy atom. The zero-order valence-corrected chi connectivity index (χ0v) is 11.4. The van der Waals surface area contributed by atoms with Crippen molar-refractivity contribution in [3.8, 4) is 22.6 Å². The Kier molecular flexibility index (Phi) is 3.46. The quantitative estimate of drug-likeness (QED) is 0.651. The number of hydrogen-bond acceptors (Lipinski definition) is 1. The number of rotatable bonds is 3. The topological polar surface area (TPSA) is 13.1 Å². The summed E-state index contributed by atoms with van der Waals surface area (Å²) in [5.74, 6) is 1.71. The third kappa shape index (κ3) is 2.69. The summed E-state index contributed by atoms with van der Waals surface area (Å²) in [6.07, 6.45) is 3.95. The summed E-state index contributed by atoms with van der Waals surface area (Å²) in [6, 6.07) is 22.3. The molecular weight excluding hydrogens is 246 g/mol. The van der Waals surface area contributed by atoms with Gasteiger partial charge in [-0.3, -0.25) is 0 Å². The van der Waals surface area contributed by atoms with Crippen molar-refractivity contribution in [2.24, 2.45) is 7.05 Å². The molecule has 1 aromatic heterocycles. The highest BCUT2D eigenvalue weighted by Gasteiger charge is 2.07. The Morgan fingerprint density at radius 3 is 2.15 bits per heavy atom. The summed E-state index contributed by atoms with van der Waals surface area (Å²) in [4.78, 5) is 0. The van der Waals surface area contributed by atoms with E-state index in [1.807, 2.05) is 72.5 Å². The Hall–Kier alpha value is -2.61. The third-order valence-electron chi connectivity index (χ3n) is 3.15. The Labute approximate surface area is 118 Å². The first kappa shape index (κ1) is 12.4. The maximum absolute atomic E-state index is 6.01. The van der Waals surface area contributed by atoms with Gasteiger partial charge in [-0.2, -0.15) is 0 Å². The van der Waals surface area contributed by atoms with Gasteiger partial charge in [0.1, 0.15) is 18.5 Å². The molecule has 0 aliphatic heterocycles. The van der Waals surface area contributed by atoms with Crippen molar-refractivity contribution in [1.29, 1.82) is 0 Å². The molecule has 0 spiro atoms. The molecule has 2 nitrogen and oxygen atoms in total. The molecule has 3 rings (SSSR count). The van der Waals surface area contributed by atoms with Crippen LogP contribution < -0.4 is 9.30 Å². The number of aryl methyl sites for hydroxylation is 1. The van der Waals surface area contributed by atoms with Crippen molar-refractivity contribution < 1.29 is 9.30 Å². The highest BCUT2D eigenvalue weighted by Crippen LogP contribution is 2.32. The molecule has 0 saturated carbocycles. The van der Waals surface area contributed by atoms with E-state index >= 15 is 0 Å². The Bertz CT molecular complexity index is 690. The van der Waals surface area contributed by atoms with E-state index in [0.717, 1.165) is 22.6 Å². The minimum atomic E-state index is 0.839. The maximum Gasteiger partial charge on any atom is 0.172 e. The summed E-state index contributed by atoms with van der Waals surface area (Å²) in [5, 5.41) is 0. The molecule has 0 N–H and O–H groups in total. The van der Waals surface area contributed by atoms with E-state index in [1.54, 1.807) is 0 Å². The second-order valence-electron chi connectivity index (χ2n) is 4.66. The molecule has 0 atom stereocenters. The molecule has 0 unspecified atom stereocenters. The van der Waals surface area contributed by atoms with Gasteiger partial charge in [-0.25, -0.2) is 4.57 Å². The number of aromatic nitrogens is 1. The van der Waals surface area contributed by atoms with Crippen molar-refractivity contribution >= 4 is 0 Å². The zero-order valence-electron chi connectivity index (χ0n) is 11.4. The van der Waals surface area contributed by atoms with E-state index in [9.17, 15) is 0 Å². The summed E-state index contributed by atoms with van der Waals surface area (Å²) in [6.45, 7) is 0. The molecule has 0 saturated heterocycles. The average Bonchev–Trinajstić information content (AvgIpc) is 2.51. The average molecular weight is 262 g/mol. The standard InChI is InChI=1S/C18H16NO/c1-19-13-11-16(12-14-19)20-18-10-6-5-9-17(18)15-7-3-2-4-8-15/h2-14H,1H3/q+1. The predicted molar refractivity (Wildman–Crippen MR) is 79.6 cm³/mol. The van der Waals surface area contributed by atoms with E-state index in [1.165, 1.54) is 0 Å². The minimum absolute atomic E-state index is 0.839. The van der Waals surface area contributed by atoms with E-state index < -0.39 is 0 Å². The first-order valence-electron chi connectivity index (χ1n) is 6.60. The number of benzene rings is 2. The van der Waals surface area contributed by atoms with Crippen LogP contribution in [0.1, 0.15) is 0 Å². The van der Waals surface area contributed by atoms with E-state index in [2.05, 4.69) is 18.2 Å². The SMILES string of the molecule is C[n+]1ccc(Oc2ccccc2-c2ccccc2)cc1. The van der Waals surface area contributed by atoms with Crippen LogP contribution in [0.5, 0.6) is 11.5 Å². The second-order valence-corrected chi connectivity index (χ2v) is 4.66. The number of nitrogens with zero attached hydrogens (tertiary/aromatic N) is 1. The predicted octanol–water partition coefficient (Wildman–Crippen LogP) is 3.97. The summed E-state index contributed by atoms with van der Waals surface area (Å²) in [7, 11) is 1.99. The van der Waals surface area contributed by atoms with Crippen LogP contribution >= 0.6 is 0 Å². The fraction of sp³-hybridized carbons (Fsp3) is 0.0556. The Balaban J connectivity index is 1.96. The lowest BCUT2D eigenvalue weighted by Crippen LogP contribution is -2.25. The van der Waals surface area contributed by atoms with Crippen LogP contribution in [0.3, 0.4) is 0 Å². The lowest BCUT2D eigenvalue weighted by molar-refractivity contribution is -0.671. The zero-order chi connectivity index (χ0) is 13.8. The van der Waals surface area contributed by atoms with Gasteiger partial charge >= 0.3 is 0 Å². The van der Waals surface area contributed by atoms with Gasteiger partial charge in [0.05, 0.1) is 0 Å². The largest absolute Gasteiger partial charge is 0.456 e. The van der Waals surface area contributed by atoms with Gasteiger partial charge in [0.2, 0.25) is 0 Å². The van der Waals surface area contributed by atoms with Gasteiger partial charge in [-0.15, -0.1) is 0 Å². The van der Waals surface area contributed by atoms with Crippen LogP contribution in [-0.2, 0) is 7.05 Å².